The van der Waals surface area contributed by atoms with Gasteiger partial charge in [0.05, 0.1) is 0 Å². The minimum absolute atomic E-state index is 0.0141. The number of aromatic nitrogens is 2. The molecule has 26 heavy (non-hydrogen) atoms. The van der Waals surface area contributed by atoms with Gasteiger partial charge in [0.1, 0.15) is 11.9 Å². The van der Waals surface area contributed by atoms with Crippen LogP contribution in [0, 0.1) is 19.7 Å². The third kappa shape index (κ3) is 4.68. The SMILES string of the molecule is Cc1cc(OC2CCN(C(=O)COc3ccccc3F)CC2)nc(C)n1. The fourth-order valence-electron chi connectivity index (χ4n) is 2.93. The molecule has 0 N–H and O–H groups in total. The van der Waals surface area contributed by atoms with Crippen LogP contribution in [0.5, 0.6) is 11.6 Å². The molecule has 1 aliphatic heterocycles. The molecule has 138 valence electrons. The third-order valence-corrected chi connectivity index (χ3v) is 4.21. The molecule has 3 rings (SSSR count). The van der Waals surface area contributed by atoms with Gasteiger partial charge in [-0.1, -0.05) is 12.1 Å². The van der Waals surface area contributed by atoms with Gasteiger partial charge in [-0.3, -0.25) is 4.79 Å². The zero-order chi connectivity index (χ0) is 18.5. The topological polar surface area (TPSA) is 64.5 Å². The summed E-state index contributed by atoms with van der Waals surface area (Å²) in [6, 6.07) is 7.87. The lowest BCUT2D eigenvalue weighted by Gasteiger charge is -2.32. The van der Waals surface area contributed by atoms with Gasteiger partial charge in [0, 0.05) is 37.7 Å². The Balaban J connectivity index is 1.47. The van der Waals surface area contributed by atoms with E-state index in [-0.39, 0.29) is 24.4 Å². The van der Waals surface area contributed by atoms with Crippen molar-refractivity contribution in [1.29, 1.82) is 0 Å². The van der Waals surface area contributed by atoms with E-state index >= 15 is 0 Å². The number of hydrogen-bond donors (Lipinski definition) is 0. The van der Waals surface area contributed by atoms with Crippen molar-refractivity contribution in [3.05, 3.63) is 47.7 Å². The normalized spacial score (nSPS) is 15.0. The molecule has 1 fully saturated rings. The van der Waals surface area contributed by atoms with Gasteiger partial charge in [0.2, 0.25) is 5.88 Å². The van der Waals surface area contributed by atoms with E-state index in [1.54, 1.807) is 17.0 Å². The highest BCUT2D eigenvalue weighted by Crippen LogP contribution is 2.19. The van der Waals surface area contributed by atoms with E-state index in [0.29, 0.717) is 37.6 Å². The summed E-state index contributed by atoms with van der Waals surface area (Å²) >= 11 is 0. The molecule has 1 aromatic heterocycles. The van der Waals surface area contributed by atoms with Crippen molar-refractivity contribution >= 4 is 5.91 Å². The van der Waals surface area contributed by atoms with E-state index in [4.69, 9.17) is 9.47 Å². The number of ether oxygens (including phenoxy) is 2. The molecule has 1 amide bonds. The van der Waals surface area contributed by atoms with Crippen LogP contribution in [-0.2, 0) is 4.79 Å². The summed E-state index contributed by atoms with van der Waals surface area (Å²) in [5, 5.41) is 0. The van der Waals surface area contributed by atoms with Crippen molar-refractivity contribution in [1.82, 2.24) is 14.9 Å². The largest absolute Gasteiger partial charge is 0.481 e. The summed E-state index contributed by atoms with van der Waals surface area (Å²) in [5.74, 6) is 0.720. The van der Waals surface area contributed by atoms with Crippen LogP contribution in [-0.4, -0.2) is 46.6 Å². The first-order valence-corrected chi connectivity index (χ1v) is 8.65. The molecule has 0 aliphatic carbocycles. The number of carbonyl (C=O) groups excluding carboxylic acids is 1. The van der Waals surface area contributed by atoms with Gasteiger partial charge in [-0.15, -0.1) is 0 Å². The lowest BCUT2D eigenvalue weighted by atomic mass is 10.1. The van der Waals surface area contributed by atoms with Gasteiger partial charge in [-0.25, -0.2) is 9.37 Å². The van der Waals surface area contributed by atoms with Gasteiger partial charge in [-0.2, -0.15) is 4.98 Å². The molecule has 0 spiro atoms. The first-order chi connectivity index (χ1) is 12.5. The van der Waals surface area contributed by atoms with Crippen LogP contribution in [0.25, 0.3) is 0 Å². The van der Waals surface area contributed by atoms with Crippen molar-refractivity contribution < 1.29 is 18.7 Å². The number of carbonyl (C=O) groups is 1. The van der Waals surface area contributed by atoms with Crippen LogP contribution < -0.4 is 9.47 Å². The quantitative estimate of drug-likeness (QED) is 0.821. The van der Waals surface area contributed by atoms with E-state index in [9.17, 15) is 9.18 Å². The highest BCUT2D eigenvalue weighted by Gasteiger charge is 2.24. The van der Waals surface area contributed by atoms with Crippen LogP contribution in [0.15, 0.2) is 30.3 Å². The van der Waals surface area contributed by atoms with Crippen molar-refractivity contribution in [3.8, 4) is 11.6 Å². The standard InChI is InChI=1S/C19H22FN3O3/c1-13-11-18(22-14(2)21-13)26-15-7-9-23(10-8-15)19(24)12-25-17-6-4-3-5-16(17)20/h3-6,11,15H,7-10,12H2,1-2H3. The monoisotopic (exact) mass is 359 g/mol. The Morgan fingerprint density at radius 3 is 2.65 bits per heavy atom. The molecule has 7 heteroatoms. The van der Waals surface area contributed by atoms with Gasteiger partial charge >= 0.3 is 0 Å². The molecule has 0 radical (unpaired) electrons. The Hall–Kier alpha value is -2.70. The van der Waals surface area contributed by atoms with Gasteiger partial charge < -0.3 is 14.4 Å². The smallest absolute Gasteiger partial charge is 0.260 e. The van der Waals surface area contributed by atoms with Gasteiger partial charge in [0.15, 0.2) is 18.2 Å². The number of amides is 1. The molecule has 1 aliphatic rings. The maximum Gasteiger partial charge on any atom is 0.260 e. The van der Waals surface area contributed by atoms with Gasteiger partial charge in [-0.05, 0) is 26.0 Å². The predicted octanol–water partition coefficient (Wildman–Crippen LogP) is 2.68. The minimum Gasteiger partial charge on any atom is -0.481 e. The molecule has 1 saturated heterocycles. The Morgan fingerprint density at radius 1 is 1.23 bits per heavy atom. The van der Waals surface area contributed by atoms with Crippen molar-refractivity contribution in [3.63, 3.8) is 0 Å². The number of benzene rings is 1. The van der Waals surface area contributed by atoms with Gasteiger partial charge in [0.25, 0.3) is 5.91 Å². The molecule has 0 saturated carbocycles. The van der Waals surface area contributed by atoms with E-state index in [1.165, 1.54) is 12.1 Å². The molecule has 2 heterocycles. The van der Waals surface area contributed by atoms with E-state index < -0.39 is 5.82 Å². The number of likely N-dealkylation sites (tertiary alicyclic amines) is 1. The Kier molecular flexibility index (Phi) is 5.65. The highest BCUT2D eigenvalue weighted by atomic mass is 19.1. The summed E-state index contributed by atoms with van der Waals surface area (Å²) in [6.07, 6.45) is 1.45. The lowest BCUT2D eigenvalue weighted by Crippen LogP contribution is -2.43. The number of aryl methyl sites for hydroxylation is 2. The molecular formula is C19H22FN3O3. The molecular weight excluding hydrogens is 337 g/mol. The number of piperidine rings is 1. The van der Waals surface area contributed by atoms with Crippen LogP contribution in [0.2, 0.25) is 0 Å². The number of halogens is 1. The molecule has 2 aromatic rings. The summed E-state index contributed by atoms with van der Waals surface area (Å²) < 4.78 is 24.7. The Bertz CT molecular complexity index is 756. The number of nitrogens with zero attached hydrogens (tertiary/aromatic N) is 3. The van der Waals surface area contributed by atoms with Crippen LogP contribution in [0.1, 0.15) is 24.4 Å². The zero-order valence-electron chi connectivity index (χ0n) is 14.9. The first kappa shape index (κ1) is 18.1. The van der Waals surface area contributed by atoms with Crippen LogP contribution >= 0.6 is 0 Å². The van der Waals surface area contributed by atoms with Crippen molar-refractivity contribution in [2.75, 3.05) is 19.7 Å². The highest BCUT2D eigenvalue weighted by molar-refractivity contribution is 5.77. The summed E-state index contributed by atoms with van der Waals surface area (Å²) in [5.41, 5.74) is 0.866. The molecule has 1 aromatic carbocycles. The second-order valence-corrected chi connectivity index (χ2v) is 6.31. The minimum atomic E-state index is -0.470. The van der Waals surface area contributed by atoms with Crippen LogP contribution in [0.4, 0.5) is 4.39 Å². The second-order valence-electron chi connectivity index (χ2n) is 6.31. The summed E-state index contributed by atoms with van der Waals surface area (Å²) in [7, 11) is 0. The predicted molar refractivity (Wildman–Crippen MR) is 93.6 cm³/mol. The maximum atomic E-state index is 13.5. The molecule has 0 atom stereocenters. The van der Waals surface area contributed by atoms with Crippen LogP contribution in [0.3, 0.4) is 0 Å². The fourth-order valence-corrected chi connectivity index (χ4v) is 2.93. The lowest BCUT2D eigenvalue weighted by molar-refractivity contribution is -0.135. The second kappa shape index (κ2) is 8.12. The third-order valence-electron chi connectivity index (χ3n) is 4.21. The van der Waals surface area contributed by atoms with E-state index in [2.05, 4.69) is 9.97 Å². The Morgan fingerprint density at radius 2 is 1.96 bits per heavy atom. The Labute approximate surface area is 152 Å². The molecule has 6 nitrogen and oxygen atoms in total. The maximum absolute atomic E-state index is 13.5. The molecule has 0 unspecified atom stereocenters. The average Bonchev–Trinajstić information content (AvgIpc) is 2.60. The summed E-state index contributed by atoms with van der Waals surface area (Å²) in [6.45, 7) is 4.71. The fraction of sp³-hybridized carbons (Fsp3) is 0.421. The van der Waals surface area contributed by atoms with E-state index in [1.807, 2.05) is 19.9 Å². The number of hydrogen-bond acceptors (Lipinski definition) is 5. The summed E-state index contributed by atoms with van der Waals surface area (Å²) in [4.78, 5) is 22.5. The first-order valence-electron chi connectivity index (χ1n) is 8.65. The van der Waals surface area contributed by atoms with Crippen molar-refractivity contribution in [2.24, 2.45) is 0 Å². The number of para-hydroxylation sites is 1. The average molecular weight is 359 g/mol. The zero-order valence-corrected chi connectivity index (χ0v) is 14.9. The molecule has 0 bridgehead atoms. The van der Waals surface area contributed by atoms with E-state index in [0.717, 1.165) is 5.69 Å². The number of rotatable bonds is 5. The van der Waals surface area contributed by atoms with Crippen molar-refractivity contribution in [2.45, 2.75) is 32.8 Å².